The summed E-state index contributed by atoms with van der Waals surface area (Å²) in [5.41, 5.74) is 3.33. The van der Waals surface area contributed by atoms with E-state index in [0.717, 1.165) is 29.0 Å². The lowest BCUT2D eigenvalue weighted by Crippen LogP contribution is -2.06. The average Bonchev–Trinajstić information content (AvgIpc) is 2.90. The number of terminal acetylenes is 1. The molecule has 0 spiro atoms. The first-order valence-electron chi connectivity index (χ1n) is 6.55. The highest BCUT2D eigenvalue weighted by Crippen LogP contribution is 2.12. The Morgan fingerprint density at radius 3 is 3.10 bits per heavy atom. The third-order valence-electron chi connectivity index (χ3n) is 3.11. The van der Waals surface area contributed by atoms with Gasteiger partial charge in [0.15, 0.2) is 0 Å². The number of hydrogen-bond donors (Lipinski definition) is 0. The van der Waals surface area contributed by atoms with Crippen molar-refractivity contribution < 1.29 is 0 Å². The zero-order chi connectivity index (χ0) is 14.7. The number of aliphatic imine (C=N–C) groups is 1. The molecule has 0 aliphatic carbocycles. The van der Waals surface area contributed by atoms with Crippen molar-refractivity contribution in [2.45, 2.75) is 13.3 Å². The smallest absolute Gasteiger partial charge is 0.223 e. The van der Waals surface area contributed by atoms with Crippen LogP contribution in [0.15, 0.2) is 53.2 Å². The molecule has 0 saturated heterocycles. The molecule has 0 radical (unpaired) electrons. The Balaban J connectivity index is 1.99. The summed E-state index contributed by atoms with van der Waals surface area (Å²) in [6.45, 7) is 1.99. The summed E-state index contributed by atoms with van der Waals surface area (Å²) in [4.78, 5) is 5.83. The molecule has 0 atom stereocenters. The average molecular weight is 275 g/mol. The zero-order valence-electron chi connectivity index (χ0n) is 11.6. The molecule has 3 rings (SSSR count). The third-order valence-corrected chi connectivity index (χ3v) is 3.11. The van der Waals surface area contributed by atoms with Gasteiger partial charge in [-0.25, -0.2) is 0 Å². The predicted octanol–water partition coefficient (Wildman–Crippen LogP) is 2.30. The molecule has 2 heterocycles. The van der Waals surface area contributed by atoms with E-state index in [-0.39, 0.29) is 0 Å². The number of allylic oxidation sites excluding steroid dienone is 3. The van der Waals surface area contributed by atoms with E-state index in [9.17, 15) is 0 Å². The van der Waals surface area contributed by atoms with Crippen LogP contribution in [0.5, 0.6) is 0 Å². The quantitative estimate of drug-likeness (QED) is 0.790. The summed E-state index contributed by atoms with van der Waals surface area (Å²) in [6, 6.07) is 7.44. The molecular formula is C16H13N5. The molecule has 2 aromatic rings. The zero-order valence-corrected chi connectivity index (χ0v) is 11.6. The van der Waals surface area contributed by atoms with Crippen LogP contribution in [-0.4, -0.2) is 25.9 Å². The molecule has 102 valence electrons. The number of hydrogen-bond acceptors (Lipinski definition) is 4. The van der Waals surface area contributed by atoms with Gasteiger partial charge in [-0.3, -0.25) is 4.99 Å². The summed E-state index contributed by atoms with van der Waals surface area (Å²) >= 11 is 0. The summed E-state index contributed by atoms with van der Waals surface area (Å²) in [7, 11) is 0. The normalized spacial score (nSPS) is 14.1. The number of benzene rings is 1. The predicted molar refractivity (Wildman–Crippen MR) is 81.1 cm³/mol. The molecule has 0 N–H and O–H groups in total. The van der Waals surface area contributed by atoms with E-state index in [1.165, 1.54) is 4.80 Å². The second-order valence-corrected chi connectivity index (χ2v) is 4.58. The molecule has 0 bridgehead atoms. The van der Waals surface area contributed by atoms with Crippen molar-refractivity contribution in [3.8, 4) is 18.0 Å². The summed E-state index contributed by atoms with van der Waals surface area (Å²) in [6.07, 6.45) is 12.1. The Labute approximate surface area is 122 Å². The van der Waals surface area contributed by atoms with Gasteiger partial charge in [0, 0.05) is 11.8 Å². The second-order valence-electron chi connectivity index (χ2n) is 4.58. The summed E-state index contributed by atoms with van der Waals surface area (Å²) < 4.78 is 0. The van der Waals surface area contributed by atoms with Crippen LogP contribution in [0.4, 0.5) is 0 Å². The van der Waals surface area contributed by atoms with Crippen molar-refractivity contribution in [2.75, 3.05) is 0 Å². The topological polar surface area (TPSA) is 56.0 Å². The molecule has 1 aliphatic rings. The Morgan fingerprint density at radius 1 is 1.33 bits per heavy atom. The van der Waals surface area contributed by atoms with E-state index in [4.69, 9.17) is 6.42 Å². The van der Waals surface area contributed by atoms with Gasteiger partial charge in [-0.1, -0.05) is 24.1 Å². The van der Waals surface area contributed by atoms with E-state index in [2.05, 4.69) is 32.4 Å². The fourth-order valence-electron chi connectivity index (χ4n) is 2.00. The summed E-state index contributed by atoms with van der Waals surface area (Å²) in [5.74, 6) is 3.09. The van der Waals surface area contributed by atoms with Crippen molar-refractivity contribution in [1.82, 2.24) is 20.2 Å². The first kappa shape index (κ1) is 13.0. The van der Waals surface area contributed by atoms with E-state index in [1.807, 2.05) is 37.3 Å². The Kier molecular flexibility index (Phi) is 3.44. The minimum absolute atomic E-state index is 0.501. The van der Waals surface area contributed by atoms with Crippen molar-refractivity contribution in [3.63, 3.8) is 0 Å². The molecule has 0 unspecified atom stereocenters. The number of rotatable bonds is 2. The SMILES string of the molecule is C#Cc1cccc(-n2nnc(C3=NC=CCC=C3C)n2)c1. The third kappa shape index (κ3) is 2.65. The van der Waals surface area contributed by atoms with Crippen molar-refractivity contribution >= 4 is 5.71 Å². The van der Waals surface area contributed by atoms with Crippen LogP contribution in [0.3, 0.4) is 0 Å². The number of aromatic nitrogens is 4. The van der Waals surface area contributed by atoms with Crippen molar-refractivity contribution in [3.05, 3.63) is 59.6 Å². The lowest BCUT2D eigenvalue weighted by Gasteiger charge is -2.00. The highest BCUT2D eigenvalue weighted by atomic mass is 15.6. The van der Waals surface area contributed by atoms with Gasteiger partial charge >= 0.3 is 0 Å². The maximum Gasteiger partial charge on any atom is 0.223 e. The molecule has 21 heavy (non-hydrogen) atoms. The first-order chi connectivity index (χ1) is 10.3. The van der Waals surface area contributed by atoms with E-state index in [1.54, 1.807) is 6.20 Å². The van der Waals surface area contributed by atoms with Crippen LogP contribution in [-0.2, 0) is 0 Å². The Hall–Kier alpha value is -3.00. The largest absolute Gasteiger partial charge is 0.253 e. The highest BCUT2D eigenvalue weighted by molar-refractivity contribution is 6.10. The standard InChI is InChI=1S/C16H13N5/c1-3-13-8-6-9-14(11-13)21-19-16(18-20-21)15-12(2)7-4-5-10-17-15/h1,5-11H,4H2,2H3. The van der Waals surface area contributed by atoms with Gasteiger partial charge in [0.05, 0.1) is 5.69 Å². The van der Waals surface area contributed by atoms with Gasteiger partial charge < -0.3 is 0 Å². The van der Waals surface area contributed by atoms with Crippen LogP contribution in [0.1, 0.15) is 24.7 Å². The van der Waals surface area contributed by atoms with Gasteiger partial charge in [0.2, 0.25) is 5.82 Å². The van der Waals surface area contributed by atoms with E-state index in [0.29, 0.717) is 5.82 Å². The highest BCUT2D eigenvalue weighted by Gasteiger charge is 2.14. The van der Waals surface area contributed by atoms with Crippen LogP contribution < -0.4 is 0 Å². The molecular weight excluding hydrogens is 262 g/mol. The van der Waals surface area contributed by atoms with E-state index >= 15 is 0 Å². The lowest BCUT2D eigenvalue weighted by atomic mass is 10.1. The molecule has 5 nitrogen and oxygen atoms in total. The van der Waals surface area contributed by atoms with Crippen LogP contribution in [0.25, 0.3) is 5.69 Å². The van der Waals surface area contributed by atoms with Gasteiger partial charge in [-0.15, -0.1) is 21.4 Å². The van der Waals surface area contributed by atoms with Gasteiger partial charge in [0.1, 0.15) is 5.71 Å². The van der Waals surface area contributed by atoms with Gasteiger partial charge in [-0.2, -0.15) is 0 Å². The molecule has 1 aliphatic heterocycles. The van der Waals surface area contributed by atoms with E-state index < -0.39 is 0 Å². The number of tetrazole rings is 1. The molecule has 1 aromatic heterocycles. The van der Waals surface area contributed by atoms with Crippen LogP contribution >= 0.6 is 0 Å². The lowest BCUT2D eigenvalue weighted by molar-refractivity contribution is 0.719. The second kappa shape index (κ2) is 5.55. The molecule has 0 amide bonds. The minimum atomic E-state index is 0.501. The number of nitrogens with zero attached hydrogens (tertiary/aromatic N) is 5. The minimum Gasteiger partial charge on any atom is -0.253 e. The fourth-order valence-corrected chi connectivity index (χ4v) is 2.00. The summed E-state index contributed by atoms with van der Waals surface area (Å²) in [5, 5.41) is 12.6. The van der Waals surface area contributed by atoms with Crippen molar-refractivity contribution in [2.24, 2.45) is 4.99 Å². The molecule has 5 heteroatoms. The monoisotopic (exact) mass is 275 g/mol. The maximum atomic E-state index is 5.40. The molecule has 0 saturated carbocycles. The van der Waals surface area contributed by atoms with Gasteiger partial charge in [0.25, 0.3) is 0 Å². The Morgan fingerprint density at radius 2 is 2.24 bits per heavy atom. The van der Waals surface area contributed by atoms with Crippen molar-refractivity contribution in [1.29, 1.82) is 0 Å². The Bertz CT molecular complexity index is 802. The van der Waals surface area contributed by atoms with Crippen LogP contribution in [0.2, 0.25) is 0 Å². The molecule has 0 fully saturated rings. The van der Waals surface area contributed by atoms with Crippen LogP contribution in [0, 0.1) is 12.3 Å². The maximum absolute atomic E-state index is 5.40. The van der Waals surface area contributed by atoms with Gasteiger partial charge in [-0.05, 0) is 42.3 Å². The first-order valence-corrected chi connectivity index (χ1v) is 6.55. The molecule has 1 aromatic carbocycles. The fraction of sp³-hybridized carbons (Fsp3) is 0.125.